The van der Waals surface area contributed by atoms with Gasteiger partial charge in [0.05, 0.1) is 0 Å². The molecule has 1 aromatic carbocycles. The Morgan fingerprint density at radius 3 is 2.27 bits per heavy atom. The molecule has 0 nitrogen and oxygen atoms in total. The first-order chi connectivity index (χ1) is 7.03. The zero-order chi connectivity index (χ0) is 11.1. The first-order valence-electron chi connectivity index (χ1n) is 5.21. The fraction of sp³-hybridized carbons (Fsp3) is 0.385. The average Bonchev–Trinajstić information content (AvgIpc) is 2.68. The van der Waals surface area contributed by atoms with Crippen molar-refractivity contribution in [2.45, 2.75) is 26.2 Å². The summed E-state index contributed by atoms with van der Waals surface area (Å²) in [5, 5.41) is 0. The Hall–Kier alpha value is -1.18. The van der Waals surface area contributed by atoms with Gasteiger partial charge in [0.1, 0.15) is 0 Å². The fourth-order valence-corrected chi connectivity index (χ4v) is 1.88. The van der Waals surface area contributed by atoms with Crippen LogP contribution in [0.3, 0.4) is 0 Å². The molecular weight excluding hydrogens is 194 g/mol. The van der Waals surface area contributed by atoms with Gasteiger partial charge in [-0.25, -0.2) is 0 Å². The second-order valence-corrected chi connectivity index (χ2v) is 4.39. The van der Waals surface area contributed by atoms with Gasteiger partial charge < -0.3 is 0 Å². The average molecular weight is 208 g/mol. The summed E-state index contributed by atoms with van der Waals surface area (Å²) in [6.45, 7) is 3.92. The number of allylic oxidation sites excluding steroid dienone is 2. The van der Waals surface area contributed by atoms with Crippen LogP contribution in [0.5, 0.6) is 0 Å². The summed E-state index contributed by atoms with van der Waals surface area (Å²) in [6, 6.07) is 8.92. The summed E-state index contributed by atoms with van der Waals surface area (Å²) in [5.41, 5.74) is 1.23. The maximum Gasteiger partial charge on any atom is 0.296 e. The second kappa shape index (κ2) is 3.44. The van der Waals surface area contributed by atoms with E-state index in [1.165, 1.54) is 0 Å². The molecule has 1 aliphatic carbocycles. The summed E-state index contributed by atoms with van der Waals surface area (Å²) in [4.78, 5) is 0. The molecule has 0 saturated carbocycles. The molecule has 0 spiro atoms. The van der Waals surface area contributed by atoms with Crippen molar-refractivity contribution in [1.82, 2.24) is 0 Å². The van der Waals surface area contributed by atoms with Crippen molar-refractivity contribution in [1.29, 1.82) is 0 Å². The smallest absolute Gasteiger partial charge is 0.196 e. The Balaban J connectivity index is 2.26. The lowest BCUT2D eigenvalue weighted by molar-refractivity contribution is 0.145. The highest BCUT2D eigenvalue weighted by Gasteiger charge is 2.55. The topological polar surface area (TPSA) is 0 Å². The third-order valence-electron chi connectivity index (χ3n) is 2.61. The van der Waals surface area contributed by atoms with E-state index >= 15 is 0 Å². The summed E-state index contributed by atoms with van der Waals surface area (Å²) >= 11 is 0. The lowest BCUT2D eigenvalue weighted by atomic mass is 10.1. The number of hydrogen-bond acceptors (Lipinski definition) is 0. The normalized spacial score (nSPS) is 18.5. The Labute approximate surface area is 88.6 Å². The third-order valence-corrected chi connectivity index (χ3v) is 2.61. The number of halogens is 2. The van der Waals surface area contributed by atoms with Crippen molar-refractivity contribution in [3.63, 3.8) is 0 Å². The molecule has 0 N–H and O–H groups in total. The van der Waals surface area contributed by atoms with E-state index in [2.05, 4.69) is 0 Å². The Bertz CT molecular complexity index is 388. The summed E-state index contributed by atoms with van der Waals surface area (Å²) < 4.78 is 26.9. The van der Waals surface area contributed by atoms with Crippen LogP contribution in [0, 0.1) is 5.92 Å². The van der Waals surface area contributed by atoms with Crippen LogP contribution >= 0.6 is 0 Å². The van der Waals surface area contributed by atoms with Crippen molar-refractivity contribution in [2.75, 3.05) is 0 Å². The second-order valence-electron chi connectivity index (χ2n) is 4.39. The van der Waals surface area contributed by atoms with Gasteiger partial charge in [0.2, 0.25) is 0 Å². The van der Waals surface area contributed by atoms with Gasteiger partial charge in [-0.05, 0) is 17.9 Å². The molecule has 15 heavy (non-hydrogen) atoms. The molecule has 2 heteroatoms. The van der Waals surface area contributed by atoms with E-state index in [-0.39, 0.29) is 11.5 Å². The molecule has 0 radical (unpaired) electrons. The van der Waals surface area contributed by atoms with Crippen molar-refractivity contribution in [3.8, 4) is 0 Å². The number of benzene rings is 1. The standard InChI is InChI=1S/C13H14F2/c1-9(2)8-11-12(13(11,14)15)10-6-4-3-5-7-10/h3-7,9H,8H2,1-2H3. The minimum Gasteiger partial charge on any atom is -0.196 e. The van der Waals surface area contributed by atoms with Gasteiger partial charge in [0.25, 0.3) is 5.92 Å². The lowest BCUT2D eigenvalue weighted by Crippen LogP contribution is -1.99. The first kappa shape index (κ1) is 10.3. The Morgan fingerprint density at radius 2 is 1.73 bits per heavy atom. The number of hydrogen-bond donors (Lipinski definition) is 0. The molecule has 1 aromatic rings. The van der Waals surface area contributed by atoms with Crippen molar-refractivity contribution >= 4 is 5.57 Å². The van der Waals surface area contributed by atoms with Crippen LogP contribution in [-0.4, -0.2) is 5.92 Å². The molecule has 1 aliphatic rings. The van der Waals surface area contributed by atoms with Crippen LogP contribution in [0.1, 0.15) is 25.8 Å². The first-order valence-corrected chi connectivity index (χ1v) is 5.21. The highest BCUT2D eigenvalue weighted by molar-refractivity contribution is 5.90. The van der Waals surface area contributed by atoms with E-state index < -0.39 is 5.92 Å². The van der Waals surface area contributed by atoms with Crippen LogP contribution in [0.25, 0.3) is 5.57 Å². The molecule has 0 aliphatic heterocycles. The molecule has 0 saturated heterocycles. The summed E-state index contributed by atoms with van der Waals surface area (Å²) in [6.07, 6.45) is 0.497. The minimum atomic E-state index is -2.65. The molecule has 0 fully saturated rings. The van der Waals surface area contributed by atoms with Crippen LogP contribution in [-0.2, 0) is 0 Å². The minimum absolute atomic E-state index is 0.247. The molecule has 0 unspecified atom stereocenters. The van der Waals surface area contributed by atoms with Crippen molar-refractivity contribution < 1.29 is 8.78 Å². The van der Waals surface area contributed by atoms with Gasteiger partial charge in [-0.3, -0.25) is 0 Å². The van der Waals surface area contributed by atoms with Crippen LogP contribution in [0.2, 0.25) is 0 Å². The molecule has 0 bridgehead atoms. The summed E-state index contributed by atoms with van der Waals surface area (Å²) in [7, 11) is 0. The van der Waals surface area contributed by atoms with Gasteiger partial charge >= 0.3 is 0 Å². The van der Waals surface area contributed by atoms with E-state index in [1.807, 2.05) is 19.9 Å². The zero-order valence-electron chi connectivity index (χ0n) is 8.93. The SMILES string of the molecule is CC(C)CC1=C(c2ccccc2)C1(F)F. The monoisotopic (exact) mass is 208 g/mol. The molecule has 0 aromatic heterocycles. The van der Waals surface area contributed by atoms with Crippen molar-refractivity contribution in [2.24, 2.45) is 5.92 Å². The third kappa shape index (κ3) is 1.81. The molecular formula is C13H14F2. The van der Waals surface area contributed by atoms with Gasteiger partial charge in [-0.1, -0.05) is 44.2 Å². The largest absolute Gasteiger partial charge is 0.296 e. The van der Waals surface area contributed by atoms with E-state index in [9.17, 15) is 8.78 Å². The molecule has 0 atom stereocenters. The van der Waals surface area contributed by atoms with E-state index in [0.29, 0.717) is 17.6 Å². The number of rotatable bonds is 3. The fourth-order valence-electron chi connectivity index (χ4n) is 1.88. The molecule has 2 rings (SSSR count). The van der Waals surface area contributed by atoms with E-state index in [1.54, 1.807) is 24.3 Å². The zero-order valence-corrected chi connectivity index (χ0v) is 8.93. The van der Waals surface area contributed by atoms with Crippen LogP contribution in [0.15, 0.2) is 35.9 Å². The van der Waals surface area contributed by atoms with Gasteiger partial charge in [0, 0.05) is 11.1 Å². The molecule has 0 amide bonds. The van der Waals surface area contributed by atoms with Crippen molar-refractivity contribution in [3.05, 3.63) is 41.5 Å². The van der Waals surface area contributed by atoms with Gasteiger partial charge in [-0.2, -0.15) is 8.78 Å². The highest BCUT2D eigenvalue weighted by atomic mass is 19.3. The van der Waals surface area contributed by atoms with Crippen LogP contribution in [0.4, 0.5) is 8.78 Å². The predicted molar refractivity (Wildman–Crippen MR) is 57.8 cm³/mol. The maximum atomic E-state index is 13.4. The summed E-state index contributed by atoms with van der Waals surface area (Å²) in [5.74, 6) is -2.36. The van der Waals surface area contributed by atoms with Gasteiger partial charge in [-0.15, -0.1) is 0 Å². The predicted octanol–water partition coefficient (Wildman–Crippen LogP) is 4.14. The van der Waals surface area contributed by atoms with E-state index in [4.69, 9.17) is 0 Å². The number of alkyl halides is 2. The molecule has 0 heterocycles. The highest BCUT2D eigenvalue weighted by Crippen LogP contribution is 2.57. The van der Waals surface area contributed by atoms with Gasteiger partial charge in [0.15, 0.2) is 0 Å². The van der Waals surface area contributed by atoms with Crippen LogP contribution < -0.4 is 0 Å². The Kier molecular flexibility index (Phi) is 2.37. The quantitative estimate of drug-likeness (QED) is 0.700. The van der Waals surface area contributed by atoms with E-state index in [0.717, 1.165) is 0 Å². The maximum absolute atomic E-state index is 13.4. The Morgan fingerprint density at radius 1 is 1.13 bits per heavy atom. The molecule has 80 valence electrons. The lowest BCUT2D eigenvalue weighted by Gasteiger charge is -2.00.